The van der Waals surface area contributed by atoms with E-state index in [4.69, 9.17) is 0 Å². The fourth-order valence-electron chi connectivity index (χ4n) is 7.51. The minimum absolute atomic E-state index is 1.17. The normalized spacial score (nSPS) is 12.3. The van der Waals surface area contributed by atoms with Gasteiger partial charge in [0.05, 0.1) is 27.6 Å². The Morgan fingerprint density at radius 2 is 0.833 bits per heavy atom. The van der Waals surface area contributed by atoms with E-state index < -0.39 is 0 Å². The molecule has 0 unspecified atom stereocenters. The van der Waals surface area contributed by atoms with Crippen molar-refractivity contribution >= 4 is 70.7 Å². The lowest BCUT2D eigenvalue weighted by Gasteiger charge is -2.16. The van der Waals surface area contributed by atoms with Gasteiger partial charge >= 0.3 is 0 Å². The summed E-state index contributed by atoms with van der Waals surface area (Å²) in [7, 11) is 0. The lowest BCUT2D eigenvalue weighted by Crippen LogP contribution is -1.95. The van der Waals surface area contributed by atoms with Crippen LogP contribution in [-0.4, -0.2) is 8.97 Å². The third-order valence-electron chi connectivity index (χ3n) is 9.25. The summed E-state index contributed by atoms with van der Waals surface area (Å²) in [5.74, 6) is 0. The molecule has 10 aromatic rings. The molecular weight excluding hydrogens is 508 g/mol. The van der Waals surface area contributed by atoms with Crippen molar-refractivity contribution in [2.45, 2.75) is 0 Å². The highest BCUT2D eigenvalue weighted by Gasteiger charge is 2.20. The van der Waals surface area contributed by atoms with Crippen molar-refractivity contribution in [2.24, 2.45) is 0 Å². The minimum Gasteiger partial charge on any atom is -0.309 e. The summed E-state index contributed by atoms with van der Waals surface area (Å²) in [6.07, 6.45) is 0. The van der Waals surface area contributed by atoms with E-state index in [9.17, 15) is 0 Å². The molecule has 0 saturated heterocycles. The van der Waals surface area contributed by atoms with Crippen molar-refractivity contribution in [2.75, 3.05) is 0 Å². The van der Waals surface area contributed by atoms with Gasteiger partial charge in [-0.1, -0.05) is 103 Å². The molecule has 0 amide bonds. The largest absolute Gasteiger partial charge is 0.309 e. The number of hydrogen-bond acceptors (Lipinski definition) is 0. The molecule has 7 aromatic carbocycles. The highest BCUT2D eigenvalue weighted by molar-refractivity contribution is 6.31. The predicted molar refractivity (Wildman–Crippen MR) is 178 cm³/mol. The Labute approximate surface area is 241 Å². The Hall–Kier alpha value is -5.60. The zero-order valence-electron chi connectivity index (χ0n) is 22.8. The van der Waals surface area contributed by atoms with E-state index in [0.717, 1.165) is 0 Å². The molecule has 10 rings (SSSR count). The fourth-order valence-corrected chi connectivity index (χ4v) is 7.51. The van der Waals surface area contributed by atoms with Gasteiger partial charge in [0.25, 0.3) is 0 Å². The van der Waals surface area contributed by atoms with Crippen LogP contribution in [0.25, 0.3) is 87.5 Å². The molecule has 2 nitrogen and oxygen atoms in total. The predicted octanol–water partition coefficient (Wildman–Crippen LogP) is 10.8. The number of para-hydroxylation sites is 4. The number of benzene rings is 7. The molecule has 194 valence electrons. The van der Waals surface area contributed by atoms with E-state index >= 15 is 0 Å². The van der Waals surface area contributed by atoms with Crippen LogP contribution in [0.1, 0.15) is 0 Å². The molecule has 3 heterocycles. The van der Waals surface area contributed by atoms with Crippen molar-refractivity contribution in [1.82, 2.24) is 8.97 Å². The quantitative estimate of drug-likeness (QED) is 0.155. The van der Waals surface area contributed by atoms with Crippen LogP contribution in [0.5, 0.6) is 0 Å². The van der Waals surface area contributed by atoms with Crippen LogP contribution < -0.4 is 0 Å². The summed E-state index contributed by atoms with van der Waals surface area (Å²) < 4.78 is 4.86. The van der Waals surface area contributed by atoms with E-state index in [2.05, 4.69) is 155 Å². The van der Waals surface area contributed by atoms with E-state index in [0.29, 0.717) is 0 Å². The summed E-state index contributed by atoms with van der Waals surface area (Å²) >= 11 is 0. The Balaban J connectivity index is 1.28. The van der Waals surface area contributed by atoms with Crippen molar-refractivity contribution < 1.29 is 0 Å². The number of nitrogens with zero attached hydrogens (tertiary/aromatic N) is 2. The van der Waals surface area contributed by atoms with Crippen LogP contribution in [0, 0.1) is 0 Å². The molecule has 0 atom stereocenters. The molecule has 0 aliphatic carbocycles. The van der Waals surface area contributed by atoms with E-state index in [1.54, 1.807) is 0 Å². The average molecular weight is 533 g/mol. The first-order valence-corrected chi connectivity index (χ1v) is 14.5. The van der Waals surface area contributed by atoms with Crippen molar-refractivity contribution in [1.29, 1.82) is 0 Å². The van der Waals surface area contributed by atoms with Gasteiger partial charge < -0.3 is 8.97 Å². The number of pyridine rings is 1. The number of hydrogen-bond donors (Lipinski definition) is 0. The molecule has 0 aliphatic heterocycles. The zero-order valence-corrected chi connectivity index (χ0v) is 22.8. The van der Waals surface area contributed by atoms with Crippen LogP contribution in [0.4, 0.5) is 0 Å². The van der Waals surface area contributed by atoms with E-state index in [-0.39, 0.29) is 0 Å². The van der Waals surface area contributed by atoms with Gasteiger partial charge in [0.1, 0.15) is 0 Å². The maximum Gasteiger partial charge on any atom is 0.0626 e. The maximum atomic E-state index is 2.48. The van der Waals surface area contributed by atoms with Crippen LogP contribution in [-0.2, 0) is 0 Å². The summed E-state index contributed by atoms with van der Waals surface area (Å²) in [6, 6.07) is 53.4. The molecule has 0 aliphatic rings. The Kier molecular flexibility index (Phi) is 4.21. The zero-order chi connectivity index (χ0) is 27.4. The average Bonchev–Trinajstić information content (AvgIpc) is 3.58. The second-order valence-corrected chi connectivity index (χ2v) is 11.3. The van der Waals surface area contributed by atoms with Crippen LogP contribution in [0.2, 0.25) is 0 Å². The molecule has 3 aromatic heterocycles. The molecule has 0 saturated carbocycles. The monoisotopic (exact) mass is 532 g/mol. The van der Waals surface area contributed by atoms with Crippen LogP contribution in [0.3, 0.4) is 0 Å². The summed E-state index contributed by atoms with van der Waals surface area (Å²) in [5.41, 5.74) is 9.97. The third kappa shape index (κ3) is 2.74. The molecule has 0 radical (unpaired) electrons. The van der Waals surface area contributed by atoms with Crippen molar-refractivity contribution in [3.63, 3.8) is 0 Å². The first kappa shape index (κ1) is 22.1. The van der Waals surface area contributed by atoms with Crippen molar-refractivity contribution in [3.05, 3.63) is 146 Å². The fraction of sp³-hybridized carbons (Fsp3) is 0. The first-order valence-electron chi connectivity index (χ1n) is 14.5. The molecule has 2 heteroatoms. The SMILES string of the molecule is c1cc2c(-c3ccc(-n4c5ccccc5c5ccccc54)cc3)cc3c4ccccc4n4c5ccccc5c(c1)c2c34. The highest BCUT2D eigenvalue weighted by atomic mass is 15.0. The van der Waals surface area contributed by atoms with Gasteiger partial charge in [-0.15, -0.1) is 0 Å². The maximum absolute atomic E-state index is 2.48. The topological polar surface area (TPSA) is 9.34 Å². The minimum atomic E-state index is 1.17. The second kappa shape index (κ2) is 7.99. The van der Waals surface area contributed by atoms with E-state index in [1.807, 2.05) is 0 Å². The number of rotatable bonds is 2. The van der Waals surface area contributed by atoms with Gasteiger partial charge in [-0.25, -0.2) is 0 Å². The number of fused-ring (bicyclic) bond motifs is 9. The molecule has 0 spiro atoms. The lowest BCUT2D eigenvalue weighted by molar-refractivity contribution is 1.18. The lowest BCUT2D eigenvalue weighted by atomic mass is 9.92. The van der Waals surface area contributed by atoms with E-state index in [1.165, 1.54) is 87.5 Å². The van der Waals surface area contributed by atoms with Crippen LogP contribution in [0.15, 0.2) is 146 Å². The Morgan fingerprint density at radius 3 is 1.45 bits per heavy atom. The van der Waals surface area contributed by atoms with Crippen LogP contribution >= 0.6 is 0 Å². The standard InChI is InChI=1S/C40H24N2/c1-5-16-35-27(10-1)28-11-2-6-17-36(28)41(35)26-22-20-25(21-23-26)33-24-34-30-13-4-8-19-38(30)42-37-18-7-3-12-29(37)31-14-9-15-32(33)39(31)40(34)42/h1-24H. The first-order chi connectivity index (χ1) is 20.9. The molecule has 42 heavy (non-hydrogen) atoms. The van der Waals surface area contributed by atoms with Gasteiger partial charge in [-0.05, 0) is 64.4 Å². The summed E-state index contributed by atoms with van der Waals surface area (Å²) in [4.78, 5) is 0. The van der Waals surface area contributed by atoms with Gasteiger partial charge in [0, 0.05) is 38.0 Å². The summed E-state index contributed by atoms with van der Waals surface area (Å²) in [5, 5.41) is 10.4. The van der Waals surface area contributed by atoms with Gasteiger partial charge in [-0.2, -0.15) is 0 Å². The third-order valence-corrected chi connectivity index (χ3v) is 9.25. The molecular formula is C40H24N2. The van der Waals surface area contributed by atoms with Crippen molar-refractivity contribution in [3.8, 4) is 16.8 Å². The number of aromatic nitrogens is 2. The summed E-state index contributed by atoms with van der Waals surface area (Å²) in [6.45, 7) is 0. The Bertz CT molecular complexity index is 2610. The second-order valence-electron chi connectivity index (χ2n) is 11.3. The molecule has 0 fully saturated rings. The highest BCUT2D eigenvalue weighted by Crippen LogP contribution is 2.45. The Morgan fingerprint density at radius 1 is 0.357 bits per heavy atom. The van der Waals surface area contributed by atoms with Gasteiger partial charge in [0.2, 0.25) is 0 Å². The smallest absolute Gasteiger partial charge is 0.0626 e. The molecule has 0 N–H and O–H groups in total. The van der Waals surface area contributed by atoms with Gasteiger partial charge in [0.15, 0.2) is 0 Å². The van der Waals surface area contributed by atoms with Gasteiger partial charge in [-0.3, -0.25) is 0 Å². The molecule has 0 bridgehead atoms.